The third-order valence-electron chi connectivity index (χ3n) is 2.14. The zero-order valence-corrected chi connectivity index (χ0v) is 8.46. The molecule has 1 N–H and O–H groups in total. The van der Waals surface area contributed by atoms with E-state index < -0.39 is 0 Å². The minimum Gasteiger partial charge on any atom is -0.508 e. The van der Waals surface area contributed by atoms with Gasteiger partial charge in [0, 0.05) is 0 Å². The number of allylic oxidation sites excluding steroid dienone is 1. The summed E-state index contributed by atoms with van der Waals surface area (Å²) in [6, 6.07) is 5.63. The van der Waals surface area contributed by atoms with Crippen LogP contribution in [0, 0.1) is 0 Å². The van der Waals surface area contributed by atoms with Crippen LogP contribution < -0.4 is 0 Å². The number of aromatic hydroxyl groups is 1. The first-order valence-electron chi connectivity index (χ1n) is 4.51. The molecule has 0 aliphatic carbocycles. The lowest BCUT2D eigenvalue weighted by Crippen LogP contribution is -1.90. The number of benzene rings is 1. The van der Waals surface area contributed by atoms with Gasteiger partial charge in [-0.05, 0) is 36.1 Å². The second-order valence-electron chi connectivity index (χ2n) is 3.71. The van der Waals surface area contributed by atoms with Gasteiger partial charge < -0.3 is 5.11 Å². The molecule has 0 bridgehead atoms. The van der Waals surface area contributed by atoms with Crippen molar-refractivity contribution in [1.29, 1.82) is 0 Å². The van der Waals surface area contributed by atoms with Gasteiger partial charge in [-0.25, -0.2) is 0 Å². The Morgan fingerprint density at radius 1 is 1.38 bits per heavy atom. The van der Waals surface area contributed by atoms with E-state index in [2.05, 4.69) is 20.4 Å². The highest BCUT2D eigenvalue weighted by Gasteiger charge is 2.06. The highest BCUT2D eigenvalue weighted by Crippen LogP contribution is 2.28. The van der Waals surface area contributed by atoms with E-state index in [1.807, 2.05) is 19.1 Å². The molecule has 1 nitrogen and oxygen atoms in total. The zero-order chi connectivity index (χ0) is 10.0. The Bertz CT molecular complexity index is 324. The fraction of sp³-hybridized carbons (Fsp3) is 0.333. The molecule has 0 unspecified atom stereocenters. The summed E-state index contributed by atoms with van der Waals surface area (Å²) in [5.41, 5.74) is 3.11. The zero-order valence-electron chi connectivity index (χ0n) is 8.46. The third-order valence-corrected chi connectivity index (χ3v) is 2.14. The van der Waals surface area contributed by atoms with Gasteiger partial charge in [-0.2, -0.15) is 0 Å². The Hall–Kier alpha value is -1.24. The fourth-order valence-electron chi connectivity index (χ4n) is 1.28. The van der Waals surface area contributed by atoms with Gasteiger partial charge in [-0.15, -0.1) is 0 Å². The normalized spacial score (nSPS) is 10.5. The molecule has 1 aromatic carbocycles. The summed E-state index contributed by atoms with van der Waals surface area (Å²) in [5, 5.41) is 9.56. The van der Waals surface area contributed by atoms with Crippen molar-refractivity contribution in [3.63, 3.8) is 0 Å². The predicted molar refractivity (Wildman–Crippen MR) is 56.9 cm³/mol. The van der Waals surface area contributed by atoms with Gasteiger partial charge in [0.2, 0.25) is 0 Å². The Morgan fingerprint density at radius 2 is 2.00 bits per heavy atom. The summed E-state index contributed by atoms with van der Waals surface area (Å²) in [6.45, 7) is 9.98. The monoisotopic (exact) mass is 176 g/mol. The molecule has 0 saturated carbocycles. The average Bonchev–Trinajstić information content (AvgIpc) is 2.04. The van der Waals surface area contributed by atoms with E-state index in [9.17, 15) is 5.11 Å². The summed E-state index contributed by atoms with van der Waals surface area (Å²) in [4.78, 5) is 0. The molecule has 0 aliphatic heterocycles. The number of hydrogen-bond donors (Lipinski definition) is 1. The maximum absolute atomic E-state index is 9.56. The molecule has 0 aliphatic rings. The molecule has 0 amide bonds. The maximum atomic E-state index is 9.56. The van der Waals surface area contributed by atoms with Gasteiger partial charge >= 0.3 is 0 Å². The molecule has 0 fully saturated rings. The van der Waals surface area contributed by atoms with E-state index in [4.69, 9.17) is 0 Å². The van der Waals surface area contributed by atoms with E-state index in [0.29, 0.717) is 11.7 Å². The molecular formula is C12H16O. The SMILES string of the molecule is C=C(C)c1ccc(O)c(C(C)C)c1. The Labute approximate surface area is 79.7 Å². The van der Waals surface area contributed by atoms with Crippen LogP contribution >= 0.6 is 0 Å². The van der Waals surface area contributed by atoms with Crippen molar-refractivity contribution in [3.8, 4) is 5.75 Å². The van der Waals surface area contributed by atoms with Crippen LogP contribution in [-0.4, -0.2) is 5.11 Å². The van der Waals surface area contributed by atoms with Gasteiger partial charge in [-0.1, -0.05) is 32.1 Å². The highest BCUT2D eigenvalue weighted by atomic mass is 16.3. The van der Waals surface area contributed by atoms with E-state index in [-0.39, 0.29) is 0 Å². The molecule has 0 radical (unpaired) electrons. The molecule has 0 spiro atoms. The van der Waals surface area contributed by atoms with Crippen molar-refractivity contribution in [1.82, 2.24) is 0 Å². The molecule has 0 heterocycles. The van der Waals surface area contributed by atoms with E-state index in [0.717, 1.165) is 16.7 Å². The van der Waals surface area contributed by atoms with Crippen LogP contribution in [0.4, 0.5) is 0 Å². The van der Waals surface area contributed by atoms with Crippen molar-refractivity contribution in [2.75, 3.05) is 0 Å². The van der Waals surface area contributed by atoms with E-state index in [1.54, 1.807) is 6.07 Å². The Kier molecular flexibility index (Phi) is 2.76. The summed E-state index contributed by atoms with van der Waals surface area (Å²) in [6.07, 6.45) is 0. The average molecular weight is 176 g/mol. The highest BCUT2D eigenvalue weighted by molar-refractivity contribution is 5.63. The van der Waals surface area contributed by atoms with Crippen molar-refractivity contribution >= 4 is 5.57 Å². The first-order chi connectivity index (χ1) is 6.02. The van der Waals surface area contributed by atoms with Crippen molar-refractivity contribution < 1.29 is 5.11 Å². The van der Waals surface area contributed by atoms with Crippen LogP contribution in [0.3, 0.4) is 0 Å². The lowest BCUT2D eigenvalue weighted by molar-refractivity contribution is 0.465. The second-order valence-corrected chi connectivity index (χ2v) is 3.71. The molecule has 0 atom stereocenters. The Balaban J connectivity index is 3.19. The molecule has 1 aromatic rings. The summed E-state index contributed by atoms with van der Waals surface area (Å²) in [7, 11) is 0. The molecular weight excluding hydrogens is 160 g/mol. The molecule has 0 aromatic heterocycles. The largest absolute Gasteiger partial charge is 0.508 e. The van der Waals surface area contributed by atoms with Crippen LogP contribution in [0.15, 0.2) is 24.8 Å². The topological polar surface area (TPSA) is 20.2 Å². The van der Waals surface area contributed by atoms with E-state index in [1.165, 1.54) is 0 Å². The van der Waals surface area contributed by atoms with Gasteiger partial charge in [-0.3, -0.25) is 0 Å². The third kappa shape index (κ3) is 2.11. The minimum atomic E-state index is 0.347. The molecule has 1 heteroatoms. The van der Waals surface area contributed by atoms with Gasteiger partial charge in [0.05, 0.1) is 0 Å². The van der Waals surface area contributed by atoms with Gasteiger partial charge in [0.1, 0.15) is 5.75 Å². The lowest BCUT2D eigenvalue weighted by atomic mass is 9.97. The number of rotatable bonds is 2. The van der Waals surface area contributed by atoms with Crippen molar-refractivity contribution in [2.45, 2.75) is 26.7 Å². The quantitative estimate of drug-likeness (QED) is 0.730. The first-order valence-corrected chi connectivity index (χ1v) is 4.51. The minimum absolute atomic E-state index is 0.347. The number of phenolic OH excluding ortho intramolecular Hbond substituents is 1. The van der Waals surface area contributed by atoms with Crippen molar-refractivity contribution in [2.24, 2.45) is 0 Å². The van der Waals surface area contributed by atoms with Gasteiger partial charge in [0.25, 0.3) is 0 Å². The summed E-state index contributed by atoms with van der Waals surface area (Å²) < 4.78 is 0. The van der Waals surface area contributed by atoms with Gasteiger partial charge in [0.15, 0.2) is 0 Å². The molecule has 0 saturated heterocycles. The van der Waals surface area contributed by atoms with Crippen LogP contribution in [0.25, 0.3) is 5.57 Å². The lowest BCUT2D eigenvalue weighted by Gasteiger charge is -2.10. The standard InChI is InChI=1S/C12H16O/c1-8(2)10-5-6-12(13)11(7-10)9(3)4/h5-7,9,13H,1H2,2-4H3. The summed E-state index contributed by atoms with van der Waals surface area (Å²) in [5.74, 6) is 0.722. The molecule has 70 valence electrons. The maximum Gasteiger partial charge on any atom is 0.119 e. The number of phenols is 1. The van der Waals surface area contributed by atoms with Crippen LogP contribution in [-0.2, 0) is 0 Å². The van der Waals surface area contributed by atoms with E-state index >= 15 is 0 Å². The smallest absolute Gasteiger partial charge is 0.119 e. The van der Waals surface area contributed by atoms with Crippen LogP contribution in [0.1, 0.15) is 37.8 Å². The van der Waals surface area contributed by atoms with Crippen molar-refractivity contribution in [3.05, 3.63) is 35.9 Å². The Morgan fingerprint density at radius 3 is 2.46 bits per heavy atom. The fourth-order valence-corrected chi connectivity index (χ4v) is 1.28. The summed E-state index contributed by atoms with van der Waals surface area (Å²) >= 11 is 0. The second kappa shape index (κ2) is 3.65. The number of hydrogen-bond acceptors (Lipinski definition) is 1. The molecule has 1 rings (SSSR count). The van der Waals surface area contributed by atoms with Crippen LogP contribution in [0.5, 0.6) is 5.75 Å². The predicted octanol–water partition coefficient (Wildman–Crippen LogP) is 3.55. The molecule has 13 heavy (non-hydrogen) atoms. The first kappa shape index (κ1) is 9.85. The van der Waals surface area contributed by atoms with Crippen LogP contribution in [0.2, 0.25) is 0 Å².